The Balaban J connectivity index is 1.84. The lowest BCUT2D eigenvalue weighted by Crippen LogP contribution is -2.19. The van der Waals surface area contributed by atoms with Crippen LogP contribution in [0.3, 0.4) is 0 Å². The van der Waals surface area contributed by atoms with Crippen LogP contribution in [0.25, 0.3) is 6.08 Å². The van der Waals surface area contributed by atoms with Crippen molar-refractivity contribution in [3.05, 3.63) is 53.9 Å². The van der Waals surface area contributed by atoms with Crippen molar-refractivity contribution in [2.45, 2.75) is 13.8 Å². The molecule has 1 amide bonds. The molecule has 1 N–H and O–H groups in total. The Kier molecular flexibility index (Phi) is 8.23. The molecule has 168 valence electrons. The Labute approximate surface area is 212 Å². The fraction of sp³-hybridized carbons (Fsp3) is 0.227. The standard InChI is InChI=1S/C22H20BrIN2O5S/c1-11-5-14(6-12(2)19(11)23)25-22-26-21(28)17(32-22)9-13-7-15(24)20(16(8-13)29-3)31-10-18(27)30-4/h5-9H,10H2,1-4H3,(H,25,26,28)/b17-9-. The van der Waals surface area contributed by atoms with Crippen LogP contribution in [0.1, 0.15) is 16.7 Å². The molecule has 0 radical (unpaired) electrons. The summed E-state index contributed by atoms with van der Waals surface area (Å²) < 4.78 is 17.3. The highest BCUT2D eigenvalue weighted by molar-refractivity contribution is 14.1. The normalized spacial score (nSPS) is 15.8. The van der Waals surface area contributed by atoms with E-state index in [9.17, 15) is 9.59 Å². The molecule has 0 saturated carbocycles. The van der Waals surface area contributed by atoms with E-state index in [-0.39, 0.29) is 12.5 Å². The molecule has 1 saturated heterocycles. The number of nitrogens with zero attached hydrogens (tertiary/aromatic N) is 1. The van der Waals surface area contributed by atoms with Crippen molar-refractivity contribution in [3.8, 4) is 11.5 Å². The number of carbonyl (C=O) groups excluding carboxylic acids is 2. The average molecular weight is 631 g/mol. The van der Waals surface area contributed by atoms with Gasteiger partial charge in [0.25, 0.3) is 5.91 Å². The lowest BCUT2D eigenvalue weighted by molar-refractivity contribution is -0.143. The number of aryl methyl sites for hydroxylation is 2. The van der Waals surface area contributed by atoms with Gasteiger partial charge in [0.15, 0.2) is 23.3 Å². The number of amidine groups is 1. The minimum absolute atomic E-state index is 0.223. The van der Waals surface area contributed by atoms with E-state index in [1.165, 1.54) is 26.0 Å². The van der Waals surface area contributed by atoms with Crippen LogP contribution in [-0.2, 0) is 14.3 Å². The SMILES string of the molecule is COC(=O)COc1c(I)cc(/C=C2\SC(=Nc3cc(C)c(Br)c(C)c3)NC2=O)cc1OC. The molecular formula is C22H20BrIN2O5S. The van der Waals surface area contributed by atoms with Crippen molar-refractivity contribution in [3.63, 3.8) is 0 Å². The summed E-state index contributed by atoms with van der Waals surface area (Å²) >= 11 is 6.91. The van der Waals surface area contributed by atoms with E-state index < -0.39 is 5.97 Å². The zero-order chi connectivity index (χ0) is 23.4. The molecule has 32 heavy (non-hydrogen) atoms. The maximum Gasteiger partial charge on any atom is 0.343 e. The van der Waals surface area contributed by atoms with Crippen LogP contribution in [0.5, 0.6) is 11.5 Å². The number of hydrogen-bond acceptors (Lipinski definition) is 7. The highest BCUT2D eigenvalue weighted by Crippen LogP contribution is 2.36. The van der Waals surface area contributed by atoms with Gasteiger partial charge in [-0.3, -0.25) is 4.79 Å². The fourth-order valence-electron chi connectivity index (χ4n) is 2.89. The van der Waals surface area contributed by atoms with Crippen molar-refractivity contribution in [1.29, 1.82) is 0 Å². The third kappa shape index (κ3) is 5.84. The van der Waals surface area contributed by atoms with Crippen molar-refractivity contribution in [2.24, 2.45) is 4.99 Å². The number of aliphatic imine (C=N–C) groups is 1. The molecule has 0 unspecified atom stereocenters. The molecule has 2 aromatic carbocycles. The second kappa shape index (κ2) is 10.7. The van der Waals surface area contributed by atoms with Crippen LogP contribution in [0.2, 0.25) is 0 Å². The second-order valence-electron chi connectivity index (χ2n) is 6.77. The number of carbonyl (C=O) groups is 2. The summed E-state index contributed by atoms with van der Waals surface area (Å²) in [6, 6.07) is 7.50. The predicted molar refractivity (Wildman–Crippen MR) is 138 cm³/mol. The van der Waals surface area contributed by atoms with E-state index in [1.54, 1.807) is 12.1 Å². The summed E-state index contributed by atoms with van der Waals surface area (Å²) in [6.45, 7) is 3.77. The molecule has 10 heteroatoms. The highest BCUT2D eigenvalue weighted by atomic mass is 127. The lowest BCUT2D eigenvalue weighted by Gasteiger charge is -2.13. The molecule has 0 aromatic heterocycles. The van der Waals surface area contributed by atoms with Crippen molar-refractivity contribution in [2.75, 3.05) is 20.8 Å². The first kappa shape index (κ1) is 24.6. The first-order chi connectivity index (χ1) is 15.2. The number of hydrogen-bond donors (Lipinski definition) is 1. The molecule has 1 aliphatic rings. The number of amides is 1. The number of rotatable bonds is 6. The number of thioether (sulfide) groups is 1. The van der Waals surface area contributed by atoms with Crippen molar-refractivity contribution in [1.82, 2.24) is 5.32 Å². The van der Waals surface area contributed by atoms with Gasteiger partial charge in [0.05, 0.1) is 28.4 Å². The summed E-state index contributed by atoms with van der Waals surface area (Å²) in [6.07, 6.45) is 1.76. The van der Waals surface area contributed by atoms with Gasteiger partial charge in [-0.1, -0.05) is 15.9 Å². The van der Waals surface area contributed by atoms with Gasteiger partial charge in [0, 0.05) is 4.47 Å². The van der Waals surface area contributed by atoms with E-state index in [4.69, 9.17) is 9.47 Å². The minimum atomic E-state index is -0.490. The maximum atomic E-state index is 12.5. The van der Waals surface area contributed by atoms with E-state index >= 15 is 0 Å². The Morgan fingerprint density at radius 1 is 1.22 bits per heavy atom. The molecule has 7 nitrogen and oxygen atoms in total. The first-order valence-corrected chi connectivity index (χ1v) is 12.0. The summed E-state index contributed by atoms with van der Waals surface area (Å²) in [4.78, 5) is 29.0. The molecule has 0 atom stereocenters. The molecule has 0 bridgehead atoms. The molecule has 1 heterocycles. The largest absolute Gasteiger partial charge is 0.493 e. The molecule has 0 spiro atoms. The van der Waals surface area contributed by atoms with E-state index in [0.29, 0.717) is 21.6 Å². The number of nitrogens with one attached hydrogen (secondary N) is 1. The van der Waals surface area contributed by atoms with Crippen molar-refractivity contribution < 1.29 is 23.8 Å². The van der Waals surface area contributed by atoms with Crippen LogP contribution in [0.15, 0.2) is 38.6 Å². The van der Waals surface area contributed by atoms with Gasteiger partial charge in [-0.05, 0) is 95.2 Å². The molecule has 2 aromatic rings. The number of halogens is 2. The first-order valence-electron chi connectivity index (χ1n) is 9.35. The summed E-state index contributed by atoms with van der Waals surface area (Å²) in [5.74, 6) is 0.175. The molecule has 3 rings (SSSR count). The number of esters is 1. The van der Waals surface area contributed by atoms with Gasteiger partial charge < -0.3 is 19.5 Å². The van der Waals surface area contributed by atoms with E-state index in [2.05, 4.69) is 53.6 Å². The van der Waals surface area contributed by atoms with Crippen LogP contribution >= 0.6 is 50.3 Å². The molecule has 1 aliphatic heterocycles. The Bertz CT molecular complexity index is 1130. The lowest BCUT2D eigenvalue weighted by atomic mass is 10.1. The second-order valence-corrected chi connectivity index (χ2v) is 9.76. The number of ether oxygens (including phenoxy) is 3. The summed E-state index contributed by atoms with van der Waals surface area (Å²) in [5, 5.41) is 3.32. The number of methoxy groups -OCH3 is 2. The van der Waals surface area contributed by atoms with Crippen LogP contribution in [-0.4, -0.2) is 37.9 Å². The predicted octanol–water partition coefficient (Wildman–Crippen LogP) is 5.12. The maximum absolute atomic E-state index is 12.5. The van der Waals surface area contributed by atoms with Crippen LogP contribution in [0.4, 0.5) is 5.69 Å². The Hall–Kier alpha value is -2.05. The van der Waals surface area contributed by atoms with Gasteiger partial charge in [-0.2, -0.15) is 0 Å². The Morgan fingerprint density at radius 2 is 1.91 bits per heavy atom. The zero-order valence-electron chi connectivity index (χ0n) is 17.7. The van der Waals surface area contributed by atoms with Gasteiger partial charge in [-0.25, -0.2) is 9.79 Å². The highest BCUT2D eigenvalue weighted by Gasteiger charge is 2.24. The van der Waals surface area contributed by atoms with Gasteiger partial charge >= 0.3 is 5.97 Å². The van der Waals surface area contributed by atoms with Gasteiger partial charge in [0.2, 0.25) is 0 Å². The minimum Gasteiger partial charge on any atom is -0.493 e. The van der Waals surface area contributed by atoms with Crippen LogP contribution in [0, 0.1) is 17.4 Å². The van der Waals surface area contributed by atoms with Crippen LogP contribution < -0.4 is 14.8 Å². The number of benzene rings is 2. The summed E-state index contributed by atoms with van der Waals surface area (Å²) in [7, 11) is 2.81. The van der Waals surface area contributed by atoms with Gasteiger partial charge in [0.1, 0.15) is 0 Å². The molecule has 1 fully saturated rings. The Morgan fingerprint density at radius 3 is 2.53 bits per heavy atom. The smallest absolute Gasteiger partial charge is 0.343 e. The van der Waals surface area contributed by atoms with E-state index in [1.807, 2.05) is 32.0 Å². The average Bonchev–Trinajstić information content (AvgIpc) is 3.08. The molecule has 0 aliphatic carbocycles. The van der Waals surface area contributed by atoms with Gasteiger partial charge in [-0.15, -0.1) is 0 Å². The summed E-state index contributed by atoms with van der Waals surface area (Å²) in [5.41, 5.74) is 3.68. The fourth-order valence-corrected chi connectivity index (χ4v) is 4.74. The topological polar surface area (TPSA) is 86.2 Å². The van der Waals surface area contributed by atoms with E-state index in [0.717, 1.165) is 30.4 Å². The molecular weight excluding hydrogens is 611 g/mol. The zero-order valence-corrected chi connectivity index (χ0v) is 22.3. The third-order valence-electron chi connectivity index (χ3n) is 4.41. The quantitative estimate of drug-likeness (QED) is 0.271. The third-order valence-corrected chi connectivity index (χ3v) is 7.38. The van der Waals surface area contributed by atoms with Crippen molar-refractivity contribution >= 4 is 79.1 Å². The monoisotopic (exact) mass is 630 g/mol.